The molecule has 0 aromatic carbocycles. The van der Waals surface area contributed by atoms with Crippen molar-refractivity contribution in [1.29, 1.82) is 0 Å². The van der Waals surface area contributed by atoms with Gasteiger partial charge < -0.3 is 14.7 Å². The number of H-pyrrole nitrogens is 1. The van der Waals surface area contributed by atoms with Gasteiger partial charge in [0.15, 0.2) is 23.6 Å². The lowest BCUT2D eigenvalue weighted by Crippen LogP contribution is -2.24. The number of anilines is 1. The average Bonchev–Trinajstić information content (AvgIpc) is 3.03. The second-order valence-electron chi connectivity index (χ2n) is 4.63. The first kappa shape index (κ1) is 13.8. The molecule has 3 rings (SSSR count). The third kappa shape index (κ3) is 2.96. The van der Waals surface area contributed by atoms with E-state index >= 15 is 0 Å². The Bertz CT molecular complexity index is 645. The van der Waals surface area contributed by atoms with Crippen LogP contribution in [0.25, 0.3) is 11.2 Å². The van der Waals surface area contributed by atoms with Crippen molar-refractivity contribution in [3.63, 3.8) is 0 Å². The topological polar surface area (TPSA) is 100 Å². The number of alkyl halides is 3. The number of β-amino-alcohol motifs (C(OH)–C–C–N with tert-alkyl or cyclic N) is 1. The van der Waals surface area contributed by atoms with Gasteiger partial charge >= 0.3 is 12.2 Å². The highest BCUT2D eigenvalue weighted by Gasteiger charge is 2.30. The van der Waals surface area contributed by atoms with Crippen LogP contribution >= 0.6 is 0 Å². The molecule has 1 unspecified atom stereocenters. The van der Waals surface area contributed by atoms with Crippen molar-refractivity contribution < 1.29 is 23.0 Å². The standard InChI is InChI=1S/C10H11F3N6O2/c11-10(12,13)4-21-9-14-7-6(16-18-17-7)8(15-9)19-2-1-5(20)3-19/h5,20H,1-4H2,(H,14,15,16,17,18). The number of aliphatic hydroxyl groups is 1. The molecular weight excluding hydrogens is 293 g/mol. The number of aromatic nitrogens is 5. The van der Waals surface area contributed by atoms with Crippen LogP contribution in [0.15, 0.2) is 0 Å². The molecule has 2 aromatic rings. The molecule has 0 amide bonds. The summed E-state index contributed by atoms with van der Waals surface area (Å²) in [7, 11) is 0. The van der Waals surface area contributed by atoms with Crippen LogP contribution in [-0.2, 0) is 0 Å². The van der Waals surface area contributed by atoms with Gasteiger partial charge in [0, 0.05) is 13.1 Å². The van der Waals surface area contributed by atoms with Crippen molar-refractivity contribution in [3.8, 4) is 6.01 Å². The minimum atomic E-state index is -4.48. The van der Waals surface area contributed by atoms with Gasteiger partial charge in [-0.3, -0.25) is 0 Å². The van der Waals surface area contributed by atoms with E-state index in [0.717, 1.165) is 0 Å². The predicted molar refractivity (Wildman–Crippen MR) is 63.9 cm³/mol. The summed E-state index contributed by atoms with van der Waals surface area (Å²) in [4.78, 5) is 9.44. The molecule has 1 aliphatic heterocycles. The molecule has 0 radical (unpaired) electrons. The minimum absolute atomic E-state index is 0.179. The zero-order valence-corrected chi connectivity index (χ0v) is 10.6. The SMILES string of the molecule is OC1CCN(c2nc(OCC(F)(F)F)nc3[nH]nnc23)C1. The van der Waals surface area contributed by atoms with Crippen LogP contribution in [0.1, 0.15) is 6.42 Å². The Morgan fingerprint density at radius 1 is 1.38 bits per heavy atom. The zero-order valence-electron chi connectivity index (χ0n) is 10.6. The fourth-order valence-electron chi connectivity index (χ4n) is 2.08. The molecule has 1 aliphatic rings. The summed E-state index contributed by atoms with van der Waals surface area (Å²) in [5, 5.41) is 19.4. The van der Waals surface area contributed by atoms with E-state index in [1.54, 1.807) is 4.90 Å². The van der Waals surface area contributed by atoms with Gasteiger partial charge in [0.05, 0.1) is 6.10 Å². The van der Waals surface area contributed by atoms with E-state index in [0.29, 0.717) is 30.8 Å². The third-order valence-corrected chi connectivity index (χ3v) is 2.98. The molecule has 0 saturated carbocycles. The summed E-state index contributed by atoms with van der Waals surface area (Å²) in [5.74, 6) is 0.294. The van der Waals surface area contributed by atoms with Gasteiger partial charge in [-0.15, -0.1) is 5.10 Å². The van der Waals surface area contributed by atoms with E-state index in [2.05, 4.69) is 30.1 Å². The van der Waals surface area contributed by atoms with Crippen molar-refractivity contribution in [2.24, 2.45) is 0 Å². The summed E-state index contributed by atoms with van der Waals surface area (Å²) >= 11 is 0. The molecule has 2 N–H and O–H groups in total. The Morgan fingerprint density at radius 2 is 2.19 bits per heavy atom. The van der Waals surface area contributed by atoms with Crippen LogP contribution in [-0.4, -0.2) is 62.5 Å². The molecule has 0 spiro atoms. The molecule has 1 saturated heterocycles. The van der Waals surface area contributed by atoms with E-state index in [-0.39, 0.29) is 5.65 Å². The van der Waals surface area contributed by atoms with Gasteiger partial charge in [-0.2, -0.15) is 23.1 Å². The van der Waals surface area contributed by atoms with Crippen LogP contribution in [0.3, 0.4) is 0 Å². The molecule has 114 valence electrons. The summed E-state index contributed by atoms with van der Waals surface area (Å²) < 4.78 is 41.1. The monoisotopic (exact) mass is 304 g/mol. The Kier molecular flexibility index (Phi) is 3.27. The van der Waals surface area contributed by atoms with E-state index in [4.69, 9.17) is 0 Å². The second kappa shape index (κ2) is 4.98. The van der Waals surface area contributed by atoms with Crippen molar-refractivity contribution in [2.45, 2.75) is 18.7 Å². The Balaban J connectivity index is 1.92. The predicted octanol–water partition coefficient (Wildman–Crippen LogP) is 0.260. The van der Waals surface area contributed by atoms with Gasteiger partial charge in [0.2, 0.25) is 0 Å². The maximum Gasteiger partial charge on any atom is 0.422 e. The molecule has 2 aromatic heterocycles. The number of aliphatic hydroxyl groups excluding tert-OH is 1. The lowest BCUT2D eigenvalue weighted by Gasteiger charge is -2.17. The molecule has 1 atom stereocenters. The van der Waals surface area contributed by atoms with Gasteiger partial charge in [-0.25, -0.2) is 5.10 Å². The Morgan fingerprint density at radius 3 is 2.86 bits per heavy atom. The van der Waals surface area contributed by atoms with E-state index < -0.39 is 24.9 Å². The summed E-state index contributed by atoms with van der Waals surface area (Å²) in [6.07, 6.45) is -4.45. The molecular formula is C10H11F3N6O2. The van der Waals surface area contributed by atoms with Crippen molar-refractivity contribution in [1.82, 2.24) is 25.4 Å². The van der Waals surface area contributed by atoms with Crippen LogP contribution in [0, 0.1) is 0 Å². The number of nitrogens with zero attached hydrogens (tertiary/aromatic N) is 5. The first-order valence-corrected chi connectivity index (χ1v) is 6.14. The number of hydrogen-bond donors (Lipinski definition) is 2. The van der Waals surface area contributed by atoms with Gasteiger partial charge in [0.1, 0.15) is 0 Å². The Hall–Kier alpha value is -2.17. The number of aromatic amines is 1. The fourth-order valence-corrected chi connectivity index (χ4v) is 2.08. The van der Waals surface area contributed by atoms with Crippen LogP contribution in [0.4, 0.5) is 19.0 Å². The number of hydrogen-bond acceptors (Lipinski definition) is 7. The number of fused-ring (bicyclic) bond motifs is 1. The van der Waals surface area contributed by atoms with E-state index in [9.17, 15) is 18.3 Å². The largest absolute Gasteiger partial charge is 0.454 e. The van der Waals surface area contributed by atoms with Crippen LogP contribution in [0.2, 0.25) is 0 Å². The van der Waals surface area contributed by atoms with Crippen molar-refractivity contribution in [2.75, 3.05) is 24.6 Å². The highest BCUT2D eigenvalue weighted by molar-refractivity contribution is 5.82. The third-order valence-electron chi connectivity index (χ3n) is 2.98. The number of ether oxygens (including phenoxy) is 1. The maximum absolute atomic E-state index is 12.2. The average molecular weight is 304 g/mol. The smallest absolute Gasteiger partial charge is 0.422 e. The number of halogens is 3. The van der Waals surface area contributed by atoms with Crippen LogP contribution in [0.5, 0.6) is 6.01 Å². The molecule has 1 fully saturated rings. The quantitative estimate of drug-likeness (QED) is 0.839. The summed E-state index contributed by atoms with van der Waals surface area (Å²) in [6, 6.07) is -0.415. The van der Waals surface area contributed by atoms with E-state index in [1.165, 1.54) is 0 Å². The lowest BCUT2D eigenvalue weighted by molar-refractivity contribution is -0.154. The van der Waals surface area contributed by atoms with Crippen LogP contribution < -0.4 is 9.64 Å². The molecule has 0 bridgehead atoms. The molecule has 8 nitrogen and oxygen atoms in total. The number of rotatable bonds is 3. The summed E-state index contributed by atoms with van der Waals surface area (Å²) in [6.45, 7) is -0.654. The highest BCUT2D eigenvalue weighted by atomic mass is 19.4. The van der Waals surface area contributed by atoms with Gasteiger partial charge in [-0.1, -0.05) is 5.21 Å². The lowest BCUT2D eigenvalue weighted by atomic mass is 10.3. The molecule has 3 heterocycles. The minimum Gasteiger partial charge on any atom is -0.454 e. The second-order valence-corrected chi connectivity index (χ2v) is 4.63. The normalized spacial score (nSPS) is 19.4. The molecule has 11 heteroatoms. The molecule has 21 heavy (non-hydrogen) atoms. The van der Waals surface area contributed by atoms with E-state index in [1.807, 2.05) is 0 Å². The summed E-state index contributed by atoms with van der Waals surface area (Å²) in [5.41, 5.74) is 0.502. The molecule has 0 aliphatic carbocycles. The zero-order chi connectivity index (χ0) is 15.0. The van der Waals surface area contributed by atoms with Gasteiger partial charge in [0.25, 0.3) is 0 Å². The first-order valence-electron chi connectivity index (χ1n) is 6.14. The van der Waals surface area contributed by atoms with Gasteiger partial charge in [-0.05, 0) is 6.42 Å². The fraction of sp³-hybridized carbons (Fsp3) is 0.600. The maximum atomic E-state index is 12.2. The highest BCUT2D eigenvalue weighted by Crippen LogP contribution is 2.26. The first-order chi connectivity index (χ1) is 9.92. The Labute approximate surface area is 115 Å². The van der Waals surface area contributed by atoms with Crippen molar-refractivity contribution in [3.05, 3.63) is 0 Å². The van der Waals surface area contributed by atoms with Crippen molar-refractivity contribution >= 4 is 17.0 Å². The number of nitrogens with one attached hydrogen (secondary N) is 1.